The van der Waals surface area contributed by atoms with Crippen molar-refractivity contribution in [3.8, 4) is 11.4 Å². The Morgan fingerprint density at radius 3 is 2.74 bits per heavy atom. The van der Waals surface area contributed by atoms with Crippen LogP contribution in [-0.2, 0) is 22.4 Å². The number of thiol groups is 1. The minimum absolute atomic E-state index is 0. The van der Waals surface area contributed by atoms with Crippen LogP contribution in [0.4, 0.5) is 0 Å². The van der Waals surface area contributed by atoms with Crippen molar-refractivity contribution in [2.45, 2.75) is 18.8 Å². The van der Waals surface area contributed by atoms with Crippen LogP contribution in [0, 0.1) is 0 Å². The summed E-state index contributed by atoms with van der Waals surface area (Å²) < 4.78 is 2.36. The van der Waals surface area contributed by atoms with Crippen LogP contribution in [0.1, 0.15) is 24.5 Å². The van der Waals surface area contributed by atoms with Gasteiger partial charge in [-0.1, -0.05) is 64.0 Å². The van der Waals surface area contributed by atoms with Gasteiger partial charge >= 0.3 is 0 Å². The SMILES string of the molecule is Clc1cc(C2CC2)nc(-c2ccnc3[n-]ccc23)n1.PNS.[Ta]. The fourth-order valence-corrected chi connectivity index (χ4v) is 2.44. The molecule has 4 rings (SSSR count). The van der Waals surface area contributed by atoms with Gasteiger partial charge in [0.25, 0.3) is 0 Å². The third kappa shape index (κ3) is 4.54. The minimum Gasteiger partial charge on any atom is -0.442 e. The Balaban J connectivity index is 0.000000448. The van der Waals surface area contributed by atoms with E-state index in [1.807, 2.05) is 18.2 Å². The molecule has 23 heavy (non-hydrogen) atoms. The van der Waals surface area contributed by atoms with E-state index >= 15 is 0 Å². The molecule has 0 bridgehead atoms. The van der Waals surface area contributed by atoms with Gasteiger partial charge in [-0.15, -0.1) is 0 Å². The third-order valence-corrected chi connectivity index (χ3v) is 3.55. The first kappa shape index (κ1) is 18.9. The molecule has 1 N–H and O–H groups in total. The Labute approximate surface area is 162 Å². The van der Waals surface area contributed by atoms with Crippen molar-refractivity contribution >= 4 is 44.8 Å². The maximum Gasteiger partial charge on any atom is 0.161 e. The standard InChI is InChI=1S/C14H10ClN4.H4NPS.Ta/c15-12-7-11(8-1-2-8)18-14(19-12)10-4-6-17-13-9(10)3-5-16-13;2-1-3;/h3-8H,1-2H2;1,3H,2H2;/q-1;;. The number of hydrogen-bond acceptors (Lipinski definition) is 5. The monoisotopic (exact) mass is 531 g/mol. The smallest absolute Gasteiger partial charge is 0.161 e. The summed E-state index contributed by atoms with van der Waals surface area (Å²) in [5.41, 5.74) is 2.69. The third-order valence-electron chi connectivity index (χ3n) is 3.36. The molecule has 5 nitrogen and oxygen atoms in total. The molecule has 1 aliphatic carbocycles. The largest absolute Gasteiger partial charge is 0.442 e. The van der Waals surface area contributed by atoms with Gasteiger partial charge in [0.05, 0.1) is 0 Å². The van der Waals surface area contributed by atoms with E-state index < -0.39 is 0 Å². The number of hydrogen-bond donors (Lipinski definition) is 2. The van der Waals surface area contributed by atoms with Crippen LogP contribution in [0.25, 0.3) is 22.4 Å². The maximum absolute atomic E-state index is 6.11. The average Bonchev–Trinajstić information content (AvgIpc) is 3.24. The van der Waals surface area contributed by atoms with Gasteiger partial charge in [-0.3, -0.25) is 4.49 Å². The van der Waals surface area contributed by atoms with E-state index in [0.29, 0.717) is 22.5 Å². The number of halogens is 1. The Hall–Kier alpha value is -0.460. The molecule has 9 heteroatoms. The summed E-state index contributed by atoms with van der Waals surface area (Å²) in [7, 11) is 2.19. The van der Waals surface area contributed by atoms with E-state index in [0.717, 1.165) is 16.6 Å². The Morgan fingerprint density at radius 2 is 2.04 bits per heavy atom. The van der Waals surface area contributed by atoms with Crippen LogP contribution in [0.3, 0.4) is 0 Å². The van der Waals surface area contributed by atoms with Crippen molar-refractivity contribution in [2.24, 2.45) is 0 Å². The predicted molar refractivity (Wildman–Crippen MR) is 94.9 cm³/mol. The van der Waals surface area contributed by atoms with Gasteiger partial charge in [-0.25, -0.2) is 9.97 Å². The van der Waals surface area contributed by atoms with Crippen molar-refractivity contribution < 1.29 is 22.4 Å². The summed E-state index contributed by atoms with van der Waals surface area (Å²) in [6.07, 6.45) is 5.85. The molecule has 3 aromatic heterocycles. The second-order valence-corrected chi connectivity index (χ2v) is 6.30. The van der Waals surface area contributed by atoms with Crippen LogP contribution >= 0.6 is 33.8 Å². The molecular formula is C14H14ClN5PSTa-. The molecule has 1 radical (unpaired) electrons. The summed E-state index contributed by atoms with van der Waals surface area (Å²) in [5.74, 6) is 1.21. The van der Waals surface area contributed by atoms with Crippen molar-refractivity contribution in [1.82, 2.24) is 24.4 Å². The van der Waals surface area contributed by atoms with Gasteiger partial charge in [0.1, 0.15) is 5.15 Å². The van der Waals surface area contributed by atoms with Gasteiger partial charge in [-0.05, 0) is 24.3 Å². The first-order chi connectivity index (χ1) is 10.7. The van der Waals surface area contributed by atoms with E-state index in [1.165, 1.54) is 12.8 Å². The van der Waals surface area contributed by atoms with E-state index in [4.69, 9.17) is 11.6 Å². The molecule has 3 aromatic rings. The summed E-state index contributed by atoms with van der Waals surface area (Å²) in [4.78, 5) is 17.4. The van der Waals surface area contributed by atoms with Crippen molar-refractivity contribution in [2.75, 3.05) is 0 Å². The molecule has 1 fully saturated rings. The maximum atomic E-state index is 6.11. The Morgan fingerprint density at radius 1 is 1.30 bits per heavy atom. The number of nitrogens with one attached hydrogen (secondary N) is 1. The van der Waals surface area contributed by atoms with Crippen molar-refractivity contribution in [3.05, 3.63) is 41.4 Å². The van der Waals surface area contributed by atoms with Crippen molar-refractivity contribution in [3.63, 3.8) is 0 Å². The molecular weight excluding hydrogens is 518 g/mol. The molecule has 0 aromatic carbocycles. The second-order valence-electron chi connectivity index (χ2n) is 4.88. The Bertz CT molecular complexity index is 796. The molecule has 1 unspecified atom stereocenters. The van der Waals surface area contributed by atoms with Crippen LogP contribution in [0.2, 0.25) is 5.15 Å². The molecule has 1 saturated carbocycles. The number of nitrogens with zero attached hydrogens (tertiary/aromatic N) is 4. The van der Waals surface area contributed by atoms with Crippen LogP contribution in [-0.4, -0.2) is 15.0 Å². The topological polar surface area (TPSA) is 64.8 Å². The van der Waals surface area contributed by atoms with E-state index in [1.54, 1.807) is 12.4 Å². The molecule has 1 atom stereocenters. The zero-order valence-corrected chi connectivity index (χ0v) is 18.0. The summed E-state index contributed by atoms with van der Waals surface area (Å²) in [6.45, 7) is 0. The number of rotatable bonds is 2. The molecule has 0 spiro atoms. The zero-order valence-electron chi connectivity index (χ0n) is 12.0. The van der Waals surface area contributed by atoms with Gasteiger partial charge in [-0.2, -0.15) is 0 Å². The van der Waals surface area contributed by atoms with Gasteiger partial charge < -0.3 is 9.97 Å². The summed E-state index contributed by atoms with van der Waals surface area (Å²) >= 11 is 9.62. The number of pyridine rings is 1. The second kappa shape index (κ2) is 8.58. The molecule has 0 aliphatic heterocycles. The first-order valence-electron chi connectivity index (χ1n) is 6.74. The van der Waals surface area contributed by atoms with Gasteiger partial charge in [0.15, 0.2) is 5.82 Å². The molecule has 119 valence electrons. The van der Waals surface area contributed by atoms with E-state index in [2.05, 4.69) is 46.6 Å². The van der Waals surface area contributed by atoms with Crippen LogP contribution < -0.4 is 9.48 Å². The molecule has 3 heterocycles. The Kier molecular flexibility index (Phi) is 7.04. The summed E-state index contributed by atoms with van der Waals surface area (Å²) in [6, 6.07) is 5.70. The average molecular weight is 532 g/mol. The fourth-order valence-electron chi connectivity index (χ4n) is 2.25. The molecule has 0 saturated heterocycles. The van der Waals surface area contributed by atoms with E-state index in [-0.39, 0.29) is 22.4 Å². The summed E-state index contributed by atoms with van der Waals surface area (Å²) in [5, 5.41) is 1.46. The zero-order chi connectivity index (χ0) is 15.5. The fraction of sp³-hybridized carbons (Fsp3) is 0.214. The van der Waals surface area contributed by atoms with E-state index in [9.17, 15) is 0 Å². The van der Waals surface area contributed by atoms with Crippen LogP contribution in [0.5, 0.6) is 0 Å². The van der Waals surface area contributed by atoms with Gasteiger partial charge in [0, 0.05) is 39.6 Å². The number of aromatic nitrogens is 4. The first-order valence-corrected chi connectivity index (χ1v) is 8.14. The molecule has 1 aliphatic rings. The quantitative estimate of drug-likeness (QED) is 0.302. The minimum atomic E-state index is 0. The predicted octanol–water partition coefficient (Wildman–Crippen LogP) is 3.39. The van der Waals surface area contributed by atoms with Crippen LogP contribution in [0.15, 0.2) is 30.6 Å². The molecule has 0 amide bonds. The van der Waals surface area contributed by atoms with Gasteiger partial charge in [0.2, 0.25) is 0 Å². The normalized spacial score (nSPS) is 13.2. The van der Waals surface area contributed by atoms with Crippen molar-refractivity contribution in [1.29, 1.82) is 0 Å². The number of fused-ring (bicyclic) bond motifs is 1.